The molecular formula is C44H37N. The Morgan fingerprint density at radius 1 is 0.356 bits per heavy atom. The first kappa shape index (κ1) is 28.4. The standard InChI is InChI=1S/C44H37N/c1-44(2,3)40-26-13-15-28-42(40)45-41-27-14-12-23-38(41)37-29-30-39(36-22-11-10-21-35(36)37)43-33(31-17-6-4-7-18-31)24-16-25-34(43)32-19-8-5-9-20-32/h4-30,45H,1-3H3. The predicted octanol–water partition coefficient (Wildman–Crippen LogP) is 12.5. The van der Waals surface area contributed by atoms with Gasteiger partial charge < -0.3 is 5.32 Å². The molecule has 0 aliphatic heterocycles. The second-order valence-corrected chi connectivity index (χ2v) is 12.6. The zero-order valence-corrected chi connectivity index (χ0v) is 26.1. The number of rotatable bonds is 6. The molecule has 0 radical (unpaired) electrons. The smallest absolute Gasteiger partial charge is 0.0464 e. The van der Waals surface area contributed by atoms with Crippen LogP contribution in [-0.4, -0.2) is 0 Å². The molecule has 1 nitrogen and oxygen atoms in total. The maximum Gasteiger partial charge on any atom is 0.0464 e. The molecule has 0 spiro atoms. The molecule has 0 aliphatic carbocycles. The third kappa shape index (κ3) is 5.54. The summed E-state index contributed by atoms with van der Waals surface area (Å²) < 4.78 is 0. The van der Waals surface area contributed by atoms with Crippen LogP contribution in [0.3, 0.4) is 0 Å². The third-order valence-corrected chi connectivity index (χ3v) is 8.65. The van der Waals surface area contributed by atoms with Gasteiger partial charge in [0.25, 0.3) is 0 Å². The van der Waals surface area contributed by atoms with Gasteiger partial charge in [0.15, 0.2) is 0 Å². The van der Waals surface area contributed by atoms with Gasteiger partial charge in [0, 0.05) is 16.9 Å². The zero-order chi connectivity index (χ0) is 30.8. The molecule has 0 amide bonds. The van der Waals surface area contributed by atoms with Crippen LogP contribution in [0.25, 0.3) is 55.3 Å². The highest BCUT2D eigenvalue weighted by atomic mass is 14.9. The number of para-hydroxylation sites is 2. The van der Waals surface area contributed by atoms with Gasteiger partial charge in [-0.2, -0.15) is 0 Å². The van der Waals surface area contributed by atoms with E-state index in [4.69, 9.17) is 0 Å². The Labute approximate surface area is 266 Å². The lowest BCUT2D eigenvalue weighted by Gasteiger charge is -2.24. The fraction of sp³-hybridized carbons (Fsp3) is 0.0909. The lowest BCUT2D eigenvalue weighted by atomic mass is 9.84. The van der Waals surface area contributed by atoms with Crippen molar-refractivity contribution in [2.75, 3.05) is 5.32 Å². The Morgan fingerprint density at radius 3 is 1.44 bits per heavy atom. The molecule has 0 heterocycles. The van der Waals surface area contributed by atoms with Gasteiger partial charge in [-0.25, -0.2) is 0 Å². The monoisotopic (exact) mass is 579 g/mol. The van der Waals surface area contributed by atoms with Crippen molar-refractivity contribution in [2.24, 2.45) is 0 Å². The fourth-order valence-corrected chi connectivity index (χ4v) is 6.53. The molecule has 0 fully saturated rings. The van der Waals surface area contributed by atoms with E-state index in [1.54, 1.807) is 0 Å². The minimum atomic E-state index is 0.0233. The van der Waals surface area contributed by atoms with Crippen molar-refractivity contribution in [1.82, 2.24) is 0 Å². The van der Waals surface area contributed by atoms with E-state index in [1.807, 2.05) is 0 Å². The molecule has 0 bridgehead atoms. The minimum absolute atomic E-state index is 0.0233. The summed E-state index contributed by atoms with van der Waals surface area (Å²) in [5, 5.41) is 6.29. The first-order valence-corrected chi connectivity index (χ1v) is 15.7. The topological polar surface area (TPSA) is 12.0 Å². The second kappa shape index (κ2) is 11.9. The summed E-state index contributed by atoms with van der Waals surface area (Å²) in [6.45, 7) is 6.80. The van der Waals surface area contributed by atoms with E-state index in [9.17, 15) is 0 Å². The van der Waals surface area contributed by atoms with Gasteiger partial charge in [0.1, 0.15) is 0 Å². The lowest BCUT2D eigenvalue weighted by Crippen LogP contribution is -2.13. The van der Waals surface area contributed by atoms with E-state index >= 15 is 0 Å². The first-order valence-electron chi connectivity index (χ1n) is 15.7. The van der Waals surface area contributed by atoms with Crippen molar-refractivity contribution in [2.45, 2.75) is 26.2 Å². The van der Waals surface area contributed by atoms with Gasteiger partial charge >= 0.3 is 0 Å². The third-order valence-electron chi connectivity index (χ3n) is 8.65. The van der Waals surface area contributed by atoms with E-state index in [0.29, 0.717) is 0 Å². The minimum Gasteiger partial charge on any atom is -0.355 e. The van der Waals surface area contributed by atoms with Crippen LogP contribution in [0.15, 0.2) is 164 Å². The summed E-state index contributed by atoms with van der Waals surface area (Å²) in [5.74, 6) is 0. The number of benzene rings is 7. The van der Waals surface area contributed by atoms with Gasteiger partial charge in [0.05, 0.1) is 0 Å². The maximum atomic E-state index is 3.82. The van der Waals surface area contributed by atoms with Crippen LogP contribution in [-0.2, 0) is 5.41 Å². The van der Waals surface area contributed by atoms with Crippen molar-refractivity contribution < 1.29 is 0 Å². The Kier molecular flexibility index (Phi) is 7.53. The molecule has 1 heteroatoms. The highest BCUT2D eigenvalue weighted by Crippen LogP contribution is 2.45. The molecule has 45 heavy (non-hydrogen) atoms. The van der Waals surface area contributed by atoms with Crippen molar-refractivity contribution in [3.05, 3.63) is 169 Å². The number of nitrogens with one attached hydrogen (secondary N) is 1. The summed E-state index contributed by atoms with van der Waals surface area (Å²) >= 11 is 0. The molecule has 7 aromatic rings. The summed E-state index contributed by atoms with van der Waals surface area (Å²) in [6.07, 6.45) is 0. The average Bonchev–Trinajstić information content (AvgIpc) is 3.08. The van der Waals surface area contributed by atoms with Gasteiger partial charge in [-0.3, -0.25) is 0 Å². The van der Waals surface area contributed by atoms with E-state index in [0.717, 1.165) is 11.4 Å². The molecule has 7 rings (SSSR count). The second-order valence-electron chi connectivity index (χ2n) is 12.6. The van der Waals surface area contributed by atoms with Gasteiger partial charge in [-0.1, -0.05) is 172 Å². The molecule has 0 aliphatic rings. The number of hydrogen-bond donors (Lipinski definition) is 1. The summed E-state index contributed by atoms with van der Waals surface area (Å²) in [5.41, 5.74) is 13.3. The summed E-state index contributed by atoms with van der Waals surface area (Å²) in [7, 11) is 0. The molecule has 218 valence electrons. The van der Waals surface area contributed by atoms with Gasteiger partial charge in [-0.15, -0.1) is 0 Å². The van der Waals surface area contributed by atoms with Crippen LogP contribution in [0.5, 0.6) is 0 Å². The molecular weight excluding hydrogens is 542 g/mol. The normalized spacial score (nSPS) is 11.4. The van der Waals surface area contributed by atoms with Gasteiger partial charge in [-0.05, 0) is 72.8 Å². The molecule has 7 aromatic carbocycles. The summed E-state index contributed by atoms with van der Waals surface area (Å²) in [4.78, 5) is 0. The van der Waals surface area contributed by atoms with E-state index in [2.05, 4.69) is 190 Å². The highest BCUT2D eigenvalue weighted by Gasteiger charge is 2.20. The van der Waals surface area contributed by atoms with Gasteiger partial charge in [0.2, 0.25) is 0 Å². The Hall–Kier alpha value is -5.40. The molecule has 0 saturated heterocycles. The molecule has 0 aromatic heterocycles. The van der Waals surface area contributed by atoms with Crippen LogP contribution < -0.4 is 5.32 Å². The largest absolute Gasteiger partial charge is 0.355 e. The SMILES string of the molecule is CC(C)(C)c1ccccc1Nc1ccccc1-c1ccc(-c2c(-c3ccccc3)cccc2-c2ccccc2)c2ccccc12. The number of hydrogen-bond acceptors (Lipinski definition) is 1. The number of fused-ring (bicyclic) bond motifs is 1. The van der Waals surface area contributed by atoms with Crippen LogP contribution in [0.1, 0.15) is 26.3 Å². The average molecular weight is 580 g/mol. The Morgan fingerprint density at radius 2 is 0.822 bits per heavy atom. The maximum absolute atomic E-state index is 3.82. The highest BCUT2D eigenvalue weighted by molar-refractivity contribution is 6.10. The first-order chi connectivity index (χ1) is 22.0. The fourth-order valence-electron chi connectivity index (χ4n) is 6.53. The molecule has 0 unspecified atom stereocenters. The Balaban J connectivity index is 1.44. The van der Waals surface area contributed by atoms with E-state index in [1.165, 1.54) is 60.8 Å². The van der Waals surface area contributed by atoms with E-state index < -0.39 is 0 Å². The molecule has 1 N–H and O–H groups in total. The van der Waals surface area contributed by atoms with Crippen molar-refractivity contribution in [1.29, 1.82) is 0 Å². The van der Waals surface area contributed by atoms with Crippen molar-refractivity contribution >= 4 is 22.1 Å². The van der Waals surface area contributed by atoms with Crippen LogP contribution in [0.2, 0.25) is 0 Å². The number of anilines is 2. The zero-order valence-electron chi connectivity index (χ0n) is 26.1. The molecule has 0 saturated carbocycles. The van der Waals surface area contributed by atoms with E-state index in [-0.39, 0.29) is 5.41 Å². The molecule has 0 atom stereocenters. The summed E-state index contributed by atoms with van der Waals surface area (Å²) in [6, 6.07) is 59.0. The Bertz CT molecular complexity index is 2040. The van der Waals surface area contributed by atoms with Crippen molar-refractivity contribution in [3.8, 4) is 44.5 Å². The van der Waals surface area contributed by atoms with Crippen LogP contribution in [0.4, 0.5) is 11.4 Å². The van der Waals surface area contributed by atoms with Crippen LogP contribution in [0, 0.1) is 0 Å². The van der Waals surface area contributed by atoms with Crippen molar-refractivity contribution in [3.63, 3.8) is 0 Å². The van der Waals surface area contributed by atoms with Crippen LogP contribution >= 0.6 is 0 Å². The predicted molar refractivity (Wildman–Crippen MR) is 194 cm³/mol. The lowest BCUT2D eigenvalue weighted by molar-refractivity contribution is 0.592. The quantitative estimate of drug-likeness (QED) is 0.207.